The van der Waals surface area contributed by atoms with Crippen LogP contribution in [0.3, 0.4) is 0 Å². The molecule has 0 fully saturated rings. The number of carbonyl (C=O) groups is 1. The molecule has 1 aliphatic heterocycles. The van der Waals surface area contributed by atoms with Crippen molar-refractivity contribution in [1.82, 2.24) is 0 Å². The van der Waals surface area contributed by atoms with Gasteiger partial charge in [-0.2, -0.15) is 11.8 Å². The van der Waals surface area contributed by atoms with E-state index in [-0.39, 0.29) is 11.3 Å². The molecule has 0 amide bonds. The molecule has 1 aliphatic rings. The predicted octanol–water partition coefficient (Wildman–Crippen LogP) is 2.08. The van der Waals surface area contributed by atoms with E-state index in [1.54, 1.807) is 12.1 Å². The second-order valence-corrected chi connectivity index (χ2v) is 6.74. The quantitative estimate of drug-likeness (QED) is 0.744. The highest BCUT2D eigenvalue weighted by Gasteiger charge is 2.40. The molecular formula is C16H16BO5S-. The molecule has 0 saturated heterocycles. The van der Waals surface area contributed by atoms with Crippen LogP contribution in [0.5, 0.6) is 5.75 Å². The van der Waals surface area contributed by atoms with Crippen molar-refractivity contribution in [1.29, 1.82) is 0 Å². The molecule has 5 nitrogen and oxygen atoms in total. The summed E-state index contributed by atoms with van der Waals surface area (Å²) in [6.07, 6.45) is 0.348. The second kappa shape index (κ2) is 6.27. The van der Waals surface area contributed by atoms with Crippen LogP contribution in [0.2, 0.25) is 0 Å². The van der Waals surface area contributed by atoms with Crippen molar-refractivity contribution < 1.29 is 24.6 Å². The number of benzene rings is 2. The molecule has 2 aromatic rings. The minimum atomic E-state index is -3.12. The summed E-state index contributed by atoms with van der Waals surface area (Å²) in [6.45, 7) is -3.12. The number of thioether (sulfide) groups is 1. The highest BCUT2D eigenvalue weighted by molar-refractivity contribution is 8.00. The lowest BCUT2D eigenvalue weighted by Gasteiger charge is -2.43. The fourth-order valence-corrected chi connectivity index (χ4v) is 3.84. The van der Waals surface area contributed by atoms with Gasteiger partial charge < -0.3 is 19.8 Å². The number of aromatic carboxylic acids is 1. The SMILES string of the molecule is O=C(O)c1cccc2c1O[B-](O)(O)[C@H](SCc1ccccc1)C2. The Labute approximate surface area is 137 Å². The van der Waals surface area contributed by atoms with Crippen LogP contribution in [0, 0.1) is 0 Å². The average Bonchev–Trinajstić information content (AvgIpc) is 2.52. The third kappa shape index (κ3) is 3.36. The molecule has 0 aromatic heterocycles. The standard InChI is InChI=1S/C16H16BO5S/c18-16(19)13-8-4-7-12-9-14(17(20,21)22-15(12)13)23-10-11-5-2-1-3-6-11/h1-8,14,20-21H,9-10H2,(H,18,19)/q-1/t14-/m1/s1. The van der Waals surface area contributed by atoms with Gasteiger partial charge >= 0.3 is 12.7 Å². The van der Waals surface area contributed by atoms with E-state index in [2.05, 4.69) is 0 Å². The normalized spacial score (nSPS) is 18.8. The lowest BCUT2D eigenvalue weighted by Crippen LogP contribution is -2.56. The van der Waals surface area contributed by atoms with E-state index in [4.69, 9.17) is 4.65 Å². The van der Waals surface area contributed by atoms with Gasteiger partial charge in [-0.15, -0.1) is 0 Å². The van der Waals surface area contributed by atoms with Crippen LogP contribution in [-0.2, 0) is 12.2 Å². The van der Waals surface area contributed by atoms with Crippen LogP contribution in [0.4, 0.5) is 0 Å². The van der Waals surface area contributed by atoms with E-state index < -0.39 is 17.9 Å². The van der Waals surface area contributed by atoms with Gasteiger partial charge in [-0.05, 0) is 28.8 Å². The molecular weight excluding hydrogens is 315 g/mol. The van der Waals surface area contributed by atoms with Crippen LogP contribution in [0.1, 0.15) is 21.5 Å². The molecule has 0 aliphatic carbocycles. The fraction of sp³-hybridized carbons (Fsp3) is 0.188. The number of hydrogen-bond donors (Lipinski definition) is 3. The van der Waals surface area contributed by atoms with Gasteiger partial charge in [0.25, 0.3) is 0 Å². The maximum Gasteiger partial charge on any atom is 0.443 e. The number of rotatable bonds is 4. The Morgan fingerprint density at radius 1 is 1.17 bits per heavy atom. The fourth-order valence-electron chi connectivity index (χ4n) is 2.63. The van der Waals surface area contributed by atoms with Gasteiger partial charge in [-0.3, -0.25) is 0 Å². The average molecular weight is 331 g/mol. The summed E-state index contributed by atoms with van der Waals surface area (Å²) in [5.74, 6) is -0.474. The Kier molecular flexibility index (Phi) is 4.34. The monoisotopic (exact) mass is 331 g/mol. The van der Waals surface area contributed by atoms with Gasteiger partial charge in [-0.25, -0.2) is 4.79 Å². The smallest absolute Gasteiger partial charge is 0.443 e. The van der Waals surface area contributed by atoms with Crippen LogP contribution < -0.4 is 4.65 Å². The highest BCUT2D eigenvalue weighted by atomic mass is 32.2. The second-order valence-electron chi connectivity index (χ2n) is 5.52. The Morgan fingerprint density at radius 3 is 2.61 bits per heavy atom. The first kappa shape index (κ1) is 15.9. The molecule has 0 bridgehead atoms. The van der Waals surface area contributed by atoms with Gasteiger partial charge in [-0.1, -0.05) is 42.5 Å². The van der Waals surface area contributed by atoms with Crippen molar-refractivity contribution in [3.05, 3.63) is 65.2 Å². The summed E-state index contributed by atoms with van der Waals surface area (Å²) in [6, 6.07) is 14.5. The molecule has 3 N–H and O–H groups in total. The predicted molar refractivity (Wildman–Crippen MR) is 89.4 cm³/mol. The van der Waals surface area contributed by atoms with Crippen molar-refractivity contribution in [2.45, 2.75) is 17.3 Å². The van der Waals surface area contributed by atoms with E-state index in [1.807, 2.05) is 30.3 Å². The van der Waals surface area contributed by atoms with Crippen LogP contribution in [0.15, 0.2) is 48.5 Å². The molecule has 0 radical (unpaired) electrons. The van der Waals surface area contributed by atoms with Gasteiger partial charge in [0.1, 0.15) is 0 Å². The van der Waals surface area contributed by atoms with Crippen LogP contribution in [0.25, 0.3) is 0 Å². The molecule has 2 aromatic carbocycles. The number of carboxylic acids is 1. The topological polar surface area (TPSA) is 87.0 Å². The lowest BCUT2D eigenvalue weighted by molar-refractivity contribution is 0.0693. The van der Waals surface area contributed by atoms with Crippen molar-refractivity contribution in [3.8, 4) is 5.75 Å². The zero-order chi connectivity index (χ0) is 16.4. The Hall–Kier alpha value is -1.96. The number of carboxylic acid groups (broad SMARTS) is 1. The summed E-state index contributed by atoms with van der Waals surface area (Å²) < 4.78 is 5.28. The molecule has 7 heteroatoms. The Morgan fingerprint density at radius 2 is 1.91 bits per heavy atom. The zero-order valence-corrected chi connectivity index (χ0v) is 13.1. The summed E-state index contributed by atoms with van der Waals surface area (Å²) in [7, 11) is 0. The van der Waals surface area contributed by atoms with Gasteiger partial charge in [0.2, 0.25) is 0 Å². The third-order valence-electron chi connectivity index (χ3n) is 3.83. The van der Waals surface area contributed by atoms with Crippen molar-refractivity contribution in [3.63, 3.8) is 0 Å². The van der Waals surface area contributed by atoms with E-state index in [0.29, 0.717) is 17.7 Å². The Balaban J connectivity index is 1.81. The molecule has 0 unspecified atom stereocenters. The van der Waals surface area contributed by atoms with Gasteiger partial charge in [0.15, 0.2) is 0 Å². The van der Waals surface area contributed by atoms with Crippen LogP contribution in [-0.4, -0.2) is 33.0 Å². The summed E-state index contributed by atoms with van der Waals surface area (Å²) >= 11 is 1.39. The summed E-state index contributed by atoms with van der Waals surface area (Å²) in [4.78, 5) is 11.2. The van der Waals surface area contributed by atoms with E-state index in [1.165, 1.54) is 17.8 Å². The summed E-state index contributed by atoms with van der Waals surface area (Å²) in [5, 5.41) is 29.1. The molecule has 23 heavy (non-hydrogen) atoms. The number of hydrogen-bond acceptors (Lipinski definition) is 5. The molecule has 3 rings (SSSR count). The van der Waals surface area contributed by atoms with Crippen molar-refractivity contribution in [2.75, 3.05) is 0 Å². The third-order valence-corrected chi connectivity index (χ3v) is 5.28. The number of para-hydroxylation sites is 1. The van der Waals surface area contributed by atoms with Crippen molar-refractivity contribution >= 4 is 24.5 Å². The first-order valence-electron chi connectivity index (χ1n) is 7.26. The first-order chi connectivity index (χ1) is 11.0. The number of fused-ring (bicyclic) bond motifs is 1. The molecule has 1 atom stereocenters. The minimum absolute atomic E-state index is 0.0524. The molecule has 120 valence electrons. The lowest BCUT2D eigenvalue weighted by atomic mass is 9.69. The van der Waals surface area contributed by atoms with Gasteiger partial charge in [0.05, 0.1) is 11.3 Å². The van der Waals surface area contributed by atoms with Crippen LogP contribution >= 0.6 is 11.8 Å². The minimum Gasteiger partial charge on any atom is -0.669 e. The Bertz CT molecular complexity index is 720. The molecule has 0 spiro atoms. The maximum absolute atomic E-state index is 11.2. The maximum atomic E-state index is 11.2. The van der Waals surface area contributed by atoms with E-state index in [9.17, 15) is 19.9 Å². The summed E-state index contributed by atoms with van der Waals surface area (Å²) in [5.41, 5.74) is 1.70. The van der Waals surface area contributed by atoms with E-state index >= 15 is 0 Å². The first-order valence-corrected chi connectivity index (χ1v) is 8.31. The van der Waals surface area contributed by atoms with Crippen molar-refractivity contribution in [2.24, 2.45) is 0 Å². The molecule has 1 heterocycles. The largest absolute Gasteiger partial charge is 0.669 e. The molecule has 0 saturated carbocycles. The van der Waals surface area contributed by atoms with E-state index in [0.717, 1.165) is 5.56 Å². The highest BCUT2D eigenvalue weighted by Crippen LogP contribution is 2.37. The van der Waals surface area contributed by atoms with Gasteiger partial charge in [0, 0.05) is 5.75 Å². The zero-order valence-electron chi connectivity index (χ0n) is 12.3.